The van der Waals surface area contributed by atoms with Gasteiger partial charge in [-0.1, -0.05) is 6.92 Å². The second kappa shape index (κ2) is 5.86. The van der Waals surface area contributed by atoms with Crippen LogP contribution in [0, 0.1) is 0 Å². The summed E-state index contributed by atoms with van der Waals surface area (Å²) in [5.41, 5.74) is 0. The van der Waals surface area contributed by atoms with Gasteiger partial charge in [0.1, 0.15) is 5.21 Å². The van der Waals surface area contributed by atoms with E-state index in [-0.39, 0.29) is 18.8 Å². The van der Waals surface area contributed by atoms with E-state index < -0.39 is 25.3 Å². The first kappa shape index (κ1) is 14.1. The van der Waals surface area contributed by atoms with Gasteiger partial charge in [-0.05, 0) is 0 Å². The molecule has 0 aliphatic carbocycles. The third kappa shape index (κ3) is 6.55. The maximum Gasteiger partial charge on any atom is 0.225 e. The Morgan fingerprint density at radius 2 is 1.64 bits per heavy atom. The highest BCUT2D eigenvalue weighted by molar-refractivity contribution is 7.91. The summed E-state index contributed by atoms with van der Waals surface area (Å²) in [5, 5.41) is -0.575. The number of hydrogen-bond donors (Lipinski definition) is 2. The summed E-state index contributed by atoms with van der Waals surface area (Å²) in [6.07, 6.45) is 0. The Balaban J connectivity index is 3.98. The van der Waals surface area contributed by atoms with Gasteiger partial charge in [-0.25, -0.2) is 26.3 Å². The number of nitrogens with one attached hydrogen (secondary N) is 2. The van der Waals surface area contributed by atoms with Crippen molar-refractivity contribution < 1.29 is 16.8 Å². The summed E-state index contributed by atoms with van der Waals surface area (Å²) in [7, 11) is -6.92. The standard InChI is InChI=1S/C5H13ClN2O4S2/c1-2-7-13(9,10)4-3-8-14(11,12)5-6/h7-8H,2-5H2,1H3. The first-order valence-electron chi connectivity index (χ1n) is 3.83. The van der Waals surface area contributed by atoms with Crippen LogP contribution < -0.4 is 9.44 Å². The van der Waals surface area contributed by atoms with E-state index in [0.29, 0.717) is 0 Å². The Hall–Kier alpha value is 0.110. The smallest absolute Gasteiger partial charge is 0.215 e. The number of halogens is 1. The molecular formula is C5H13ClN2O4S2. The molecule has 0 aliphatic heterocycles. The SMILES string of the molecule is CCNS(=O)(=O)CCNS(=O)(=O)CCl. The van der Waals surface area contributed by atoms with Crippen molar-refractivity contribution in [2.24, 2.45) is 0 Å². The lowest BCUT2D eigenvalue weighted by Crippen LogP contribution is -2.34. The van der Waals surface area contributed by atoms with E-state index in [1.165, 1.54) is 0 Å². The lowest BCUT2D eigenvalue weighted by Gasteiger charge is -2.05. The topological polar surface area (TPSA) is 92.3 Å². The van der Waals surface area contributed by atoms with E-state index >= 15 is 0 Å². The Kier molecular flexibility index (Phi) is 5.91. The van der Waals surface area contributed by atoms with E-state index in [1.54, 1.807) is 6.92 Å². The molecule has 0 unspecified atom stereocenters. The zero-order chi connectivity index (χ0) is 11.2. The zero-order valence-corrected chi connectivity index (χ0v) is 10.0. The first-order valence-corrected chi connectivity index (χ1v) is 7.67. The molecule has 0 aromatic heterocycles. The zero-order valence-electron chi connectivity index (χ0n) is 7.66. The molecule has 0 saturated heterocycles. The van der Waals surface area contributed by atoms with Crippen molar-refractivity contribution >= 4 is 31.6 Å². The molecule has 0 fully saturated rings. The Bertz CT molecular complexity index is 350. The molecule has 0 spiro atoms. The van der Waals surface area contributed by atoms with Crippen molar-refractivity contribution in [3.8, 4) is 0 Å². The largest absolute Gasteiger partial charge is 0.225 e. The molecule has 0 radical (unpaired) electrons. The predicted octanol–water partition coefficient (Wildman–Crippen LogP) is -0.959. The molecule has 0 atom stereocenters. The van der Waals surface area contributed by atoms with Crippen LogP contribution >= 0.6 is 11.6 Å². The Labute approximate surface area is 89.1 Å². The van der Waals surface area contributed by atoms with E-state index in [4.69, 9.17) is 11.6 Å². The summed E-state index contributed by atoms with van der Waals surface area (Å²) in [6, 6.07) is 0. The fourth-order valence-electron chi connectivity index (χ4n) is 0.662. The summed E-state index contributed by atoms with van der Waals surface area (Å²) in [6.45, 7) is 1.75. The molecule has 86 valence electrons. The molecule has 6 nitrogen and oxygen atoms in total. The lowest BCUT2D eigenvalue weighted by molar-refractivity contribution is 0.578. The Morgan fingerprint density at radius 3 is 2.07 bits per heavy atom. The maximum absolute atomic E-state index is 11.0. The predicted molar refractivity (Wildman–Crippen MR) is 55.1 cm³/mol. The first-order chi connectivity index (χ1) is 6.33. The van der Waals surface area contributed by atoms with Crippen molar-refractivity contribution in [1.82, 2.24) is 9.44 Å². The second-order valence-corrected chi connectivity index (χ2v) is 6.75. The van der Waals surface area contributed by atoms with Gasteiger partial charge in [0.25, 0.3) is 0 Å². The van der Waals surface area contributed by atoms with E-state index in [1.807, 2.05) is 4.72 Å². The van der Waals surface area contributed by atoms with Gasteiger partial charge in [0.15, 0.2) is 0 Å². The summed E-state index contributed by atoms with van der Waals surface area (Å²) >= 11 is 5.09. The van der Waals surface area contributed by atoms with Gasteiger partial charge in [0, 0.05) is 13.1 Å². The van der Waals surface area contributed by atoms with Gasteiger partial charge in [0.05, 0.1) is 5.75 Å². The molecule has 0 bridgehead atoms. The number of rotatable bonds is 7. The molecule has 0 amide bonds. The van der Waals surface area contributed by atoms with Crippen LogP contribution in [0.5, 0.6) is 0 Å². The molecule has 0 aromatic carbocycles. The fourth-order valence-corrected chi connectivity index (χ4v) is 2.47. The van der Waals surface area contributed by atoms with Crippen molar-refractivity contribution in [2.45, 2.75) is 6.92 Å². The van der Waals surface area contributed by atoms with Crippen molar-refractivity contribution in [2.75, 3.05) is 24.1 Å². The van der Waals surface area contributed by atoms with Crippen LogP contribution in [0.25, 0.3) is 0 Å². The minimum Gasteiger partial charge on any atom is -0.215 e. The molecular weight excluding hydrogens is 252 g/mol. The monoisotopic (exact) mass is 264 g/mol. The third-order valence-corrected chi connectivity index (χ3v) is 4.46. The van der Waals surface area contributed by atoms with Gasteiger partial charge >= 0.3 is 0 Å². The molecule has 2 N–H and O–H groups in total. The van der Waals surface area contributed by atoms with E-state index in [9.17, 15) is 16.8 Å². The molecule has 0 aliphatic rings. The number of sulfonamides is 2. The van der Waals surface area contributed by atoms with E-state index in [0.717, 1.165) is 0 Å². The van der Waals surface area contributed by atoms with Crippen molar-refractivity contribution in [1.29, 1.82) is 0 Å². The van der Waals surface area contributed by atoms with Gasteiger partial charge in [0.2, 0.25) is 20.0 Å². The minimum atomic E-state index is -3.53. The van der Waals surface area contributed by atoms with Gasteiger partial charge in [-0.15, -0.1) is 11.6 Å². The molecule has 0 rings (SSSR count). The van der Waals surface area contributed by atoms with Gasteiger partial charge < -0.3 is 0 Å². The van der Waals surface area contributed by atoms with Crippen LogP contribution in [0.3, 0.4) is 0 Å². The maximum atomic E-state index is 11.0. The molecule has 14 heavy (non-hydrogen) atoms. The highest BCUT2D eigenvalue weighted by Gasteiger charge is 2.11. The average molecular weight is 265 g/mol. The summed E-state index contributed by atoms with van der Waals surface area (Å²) in [4.78, 5) is 0. The van der Waals surface area contributed by atoms with Crippen molar-refractivity contribution in [3.05, 3.63) is 0 Å². The second-order valence-electron chi connectivity index (χ2n) is 2.43. The summed E-state index contributed by atoms with van der Waals surface area (Å²) in [5.74, 6) is -0.295. The van der Waals surface area contributed by atoms with Crippen LogP contribution in [-0.2, 0) is 20.0 Å². The van der Waals surface area contributed by atoms with Crippen LogP contribution in [0.4, 0.5) is 0 Å². The number of alkyl halides is 1. The third-order valence-electron chi connectivity index (χ3n) is 1.20. The highest BCUT2D eigenvalue weighted by Crippen LogP contribution is 1.88. The minimum absolute atomic E-state index is 0.176. The number of hydrogen-bond acceptors (Lipinski definition) is 4. The van der Waals surface area contributed by atoms with Gasteiger partial charge in [-0.3, -0.25) is 0 Å². The lowest BCUT2D eigenvalue weighted by atomic mass is 10.8. The van der Waals surface area contributed by atoms with Gasteiger partial charge in [-0.2, -0.15) is 0 Å². The van der Waals surface area contributed by atoms with Crippen LogP contribution in [-0.4, -0.2) is 40.9 Å². The fraction of sp³-hybridized carbons (Fsp3) is 1.00. The van der Waals surface area contributed by atoms with E-state index in [2.05, 4.69) is 4.72 Å². The average Bonchev–Trinajstić information content (AvgIpc) is 2.03. The van der Waals surface area contributed by atoms with Crippen LogP contribution in [0.1, 0.15) is 6.92 Å². The quantitative estimate of drug-likeness (QED) is 0.580. The molecule has 0 aromatic rings. The van der Waals surface area contributed by atoms with Crippen LogP contribution in [0.15, 0.2) is 0 Å². The highest BCUT2D eigenvalue weighted by atomic mass is 35.5. The normalized spacial score (nSPS) is 13.0. The summed E-state index contributed by atoms with van der Waals surface area (Å²) < 4.78 is 47.9. The molecule has 0 heterocycles. The molecule has 0 saturated carbocycles. The van der Waals surface area contributed by atoms with Crippen molar-refractivity contribution in [3.63, 3.8) is 0 Å². The van der Waals surface area contributed by atoms with Crippen LogP contribution in [0.2, 0.25) is 0 Å². The Morgan fingerprint density at radius 1 is 1.07 bits per heavy atom. The molecule has 9 heteroatoms.